The summed E-state index contributed by atoms with van der Waals surface area (Å²) >= 11 is 5.77. The van der Waals surface area contributed by atoms with Crippen molar-refractivity contribution in [1.29, 1.82) is 0 Å². The van der Waals surface area contributed by atoms with Gasteiger partial charge in [-0.15, -0.1) is 0 Å². The molecule has 0 N–H and O–H groups in total. The average molecular weight is 234 g/mol. The van der Waals surface area contributed by atoms with E-state index in [-0.39, 0.29) is 11.8 Å². The van der Waals surface area contributed by atoms with Gasteiger partial charge in [0.2, 0.25) is 0 Å². The normalized spacial score (nSPS) is 19.9. The molecule has 0 aromatic heterocycles. The van der Waals surface area contributed by atoms with Crippen LogP contribution in [0.15, 0.2) is 12.1 Å². The van der Waals surface area contributed by atoms with E-state index >= 15 is 0 Å². The second-order valence-corrected chi connectivity index (χ2v) is 4.10. The van der Waals surface area contributed by atoms with Gasteiger partial charge in [0.05, 0.1) is 6.04 Å². The maximum Gasteiger partial charge on any atom is 0.168 e. The molecule has 0 amide bonds. The van der Waals surface area contributed by atoms with Gasteiger partial charge in [-0.3, -0.25) is 0 Å². The van der Waals surface area contributed by atoms with E-state index in [0.717, 1.165) is 6.07 Å². The van der Waals surface area contributed by atoms with Crippen LogP contribution in [0.5, 0.6) is 5.75 Å². The molecule has 5 heteroatoms. The molecule has 0 aliphatic carbocycles. The summed E-state index contributed by atoms with van der Waals surface area (Å²) in [5, 5.41) is 0. The lowest BCUT2D eigenvalue weighted by molar-refractivity contribution is 0.193. The molecule has 1 aromatic rings. The Kier molecular flexibility index (Phi) is 2.80. The molecule has 1 aliphatic heterocycles. The molecular weight excluding hydrogens is 224 g/mol. The summed E-state index contributed by atoms with van der Waals surface area (Å²) in [5.74, 6) is -1.10. The molecule has 1 aromatic carbocycles. The van der Waals surface area contributed by atoms with Crippen molar-refractivity contribution < 1.29 is 13.5 Å². The van der Waals surface area contributed by atoms with Gasteiger partial charge in [0.25, 0.3) is 0 Å². The van der Waals surface area contributed by atoms with Crippen molar-refractivity contribution in [3.05, 3.63) is 29.3 Å². The molecule has 0 saturated heterocycles. The summed E-state index contributed by atoms with van der Waals surface area (Å²) in [6, 6.07) is 2.05. The quantitative estimate of drug-likeness (QED) is 0.691. The number of rotatable bonds is 1. The molecule has 0 radical (unpaired) electrons. The molecule has 0 bridgehead atoms. The second kappa shape index (κ2) is 3.94. The van der Waals surface area contributed by atoms with E-state index < -0.39 is 11.6 Å². The molecule has 1 aliphatic rings. The van der Waals surface area contributed by atoms with Crippen LogP contribution >= 0.6 is 11.8 Å². The lowest BCUT2D eigenvalue weighted by Gasteiger charge is -2.28. The van der Waals surface area contributed by atoms with E-state index in [2.05, 4.69) is 0 Å². The van der Waals surface area contributed by atoms with Crippen molar-refractivity contribution in [2.24, 2.45) is 0 Å². The average Bonchev–Trinajstić information content (AvgIpc) is 2.16. The Labute approximate surface area is 91.5 Å². The summed E-state index contributed by atoms with van der Waals surface area (Å²) in [5.41, 5.74) is 0.524. The first-order valence-corrected chi connectivity index (χ1v) is 4.91. The number of ether oxygens (including phenoxy) is 1. The van der Waals surface area contributed by atoms with Crippen LogP contribution in [0.2, 0.25) is 0 Å². The lowest BCUT2D eigenvalue weighted by Crippen LogP contribution is -2.35. The molecule has 0 unspecified atom stereocenters. The van der Waals surface area contributed by atoms with E-state index in [1.807, 2.05) is 0 Å². The van der Waals surface area contributed by atoms with Crippen LogP contribution in [-0.4, -0.2) is 24.1 Å². The fraction of sp³-hybridized carbons (Fsp3) is 0.400. The molecule has 1 atom stereocenters. The van der Waals surface area contributed by atoms with E-state index in [1.165, 1.54) is 10.5 Å². The van der Waals surface area contributed by atoms with Gasteiger partial charge in [0, 0.05) is 18.7 Å². The Morgan fingerprint density at radius 2 is 2.20 bits per heavy atom. The summed E-state index contributed by atoms with van der Waals surface area (Å²) in [7, 11) is 1.69. The molecule has 2 nitrogen and oxygen atoms in total. The zero-order valence-electron chi connectivity index (χ0n) is 8.14. The Balaban J connectivity index is 2.33. The summed E-state index contributed by atoms with van der Waals surface area (Å²) in [4.78, 5) is 0. The van der Waals surface area contributed by atoms with Crippen LogP contribution in [0.1, 0.15) is 5.56 Å². The predicted octanol–water partition coefficient (Wildman–Crippen LogP) is 2.35. The minimum Gasteiger partial charge on any atom is -0.489 e. The molecular formula is C10H10ClF2NO. The van der Waals surface area contributed by atoms with Gasteiger partial charge in [-0.05, 0) is 24.3 Å². The summed E-state index contributed by atoms with van der Waals surface area (Å²) in [6.07, 6.45) is 0.490. The van der Waals surface area contributed by atoms with Crippen LogP contribution in [0.4, 0.5) is 8.78 Å². The largest absolute Gasteiger partial charge is 0.489 e. The van der Waals surface area contributed by atoms with Crippen molar-refractivity contribution in [3.8, 4) is 5.75 Å². The van der Waals surface area contributed by atoms with Crippen molar-refractivity contribution in [3.63, 3.8) is 0 Å². The van der Waals surface area contributed by atoms with Crippen LogP contribution in [0.25, 0.3) is 0 Å². The Bertz CT molecular complexity index is 384. The minimum atomic E-state index is -0.652. The number of hydrogen-bond donors (Lipinski definition) is 0. The van der Waals surface area contributed by atoms with Crippen LogP contribution in [0.3, 0.4) is 0 Å². The third kappa shape index (κ3) is 2.06. The standard InChI is InChI=1S/C10H10ClF2NO/c1-14(11)8-3-6-2-7(12)4-9(13)10(6)15-5-8/h2,4,8H,3,5H2,1H3/t8-/m1/s1. The number of likely N-dealkylation sites (N-methyl/N-ethyl adjacent to an activating group) is 1. The number of halogens is 3. The van der Waals surface area contributed by atoms with Gasteiger partial charge in [-0.2, -0.15) is 0 Å². The smallest absolute Gasteiger partial charge is 0.168 e. The fourth-order valence-corrected chi connectivity index (χ4v) is 1.77. The Morgan fingerprint density at radius 3 is 2.87 bits per heavy atom. The third-order valence-electron chi connectivity index (χ3n) is 2.46. The van der Waals surface area contributed by atoms with Crippen LogP contribution < -0.4 is 4.74 Å². The Hall–Kier alpha value is -0.870. The zero-order chi connectivity index (χ0) is 11.0. The van der Waals surface area contributed by atoms with Crippen LogP contribution in [-0.2, 0) is 6.42 Å². The highest BCUT2D eigenvalue weighted by Gasteiger charge is 2.25. The summed E-state index contributed by atoms with van der Waals surface area (Å²) in [6.45, 7) is 0.315. The van der Waals surface area contributed by atoms with Crippen molar-refractivity contribution in [2.45, 2.75) is 12.5 Å². The van der Waals surface area contributed by atoms with Gasteiger partial charge >= 0.3 is 0 Å². The van der Waals surface area contributed by atoms with Gasteiger partial charge in [0.1, 0.15) is 12.4 Å². The van der Waals surface area contributed by atoms with Gasteiger partial charge in [0.15, 0.2) is 11.6 Å². The zero-order valence-corrected chi connectivity index (χ0v) is 8.89. The molecule has 0 fully saturated rings. The second-order valence-electron chi connectivity index (χ2n) is 3.57. The van der Waals surface area contributed by atoms with Crippen LogP contribution in [0, 0.1) is 11.6 Å². The first-order valence-electron chi connectivity index (χ1n) is 4.57. The first-order chi connectivity index (χ1) is 7.08. The monoisotopic (exact) mass is 233 g/mol. The number of fused-ring (bicyclic) bond motifs is 1. The van der Waals surface area contributed by atoms with Gasteiger partial charge < -0.3 is 4.74 Å². The maximum absolute atomic E-state index is 13.2. The highest BCUT2D eigenvalue weighted by atomic mass is 35.5. The molecule has 0 saturated carbocycles. The SMILES string of the molecule is CN(Cl)[C@H]1COc2c(F)cc(F)cc2C1. The topological polar surface area (TPSA) is 12.5 Å². The molecule has 0 spiro atoms. The molecule has 2 rings (SSSR count). The maximum atomic E-state index is 13.2. The lowest BCUT2D eigenvalue weighted by atomic mass is 10.0. The highest BCUT2D eigenvalue weighted by molar-refractivity contribution is 6.13. The highest BCUT2D eigenvalue weighted by Crippen LogP contribution is 2.30. The molecule has 1 heterocycles. The van der Waals surface area contributed by atoms with Gasteiger partial charge in [-0.1, -0.05) is 0 Å². The number of hydrogen-bond acceptors (Lipinski definition) is 2. The predicted molar refractivity (Wildman–Crippen MR) is 53.0 cm³/mol. The van der Waals surface area contributed by atoms with E-state index in [1.54, 1.807) is 7.05 Å². The van der Waals surface area contributed by atoms with E-state index in [0.29, 0.717) is 18.6 Å². The van der Waals surface area contributed by atoms with Crippen molar-refractivity contribution in [1.82, 2.24) is 4.42 Å². The fourth-order valence-electron chi connectivity index (χ4n) is 1.65. The first kappa shape index (κ1) is 10.6. The number of nitrogens with zero attached hydrogens (tertiary/aromatic N) is 1. The van der Waals surface area contributed by atoms with E-state index in [4.69, 9.17) is 16.5 Å². The van der Waals surface area contributed by atoms with Gasteiger partial charge in [-0.25, -0.2) is 13.2 Å². The minimum absolute atomic E-state index is 0.0552. The number of benzene rings is 1. The molecule has 15 heavy (non-hydrogen) atoms. The van der Waals surface area contributed by atoms with E-state index in [9.17, 15) is 8.78 Å². The molecule has 82 valence electrons. The third-order valence-corrected chi connectivity index (χ3v) is 2.74. The summed E-state index contributed by atoms with van der Waals surface area (Å²) < 4.78 is 32.9. The Morgan fingerprint density at radius 1 is 1.47 bits per heavy atom. The van der Waals surface area contributed by atoms with Crippen molar-refractivity contribution in [2.75, 3.05) is 13.7 Å². The van der Waals surface area contributed by atoms with Crippen molar-refractivity contribution >= 4 is 11.8 Å².